The van der Waals surface area contributed by atoms with Crippen LogP contribution in [-0.2, 0) is 23.0 Å². The number of amides is 1. The molecule has 2 heterocycles. The lowest BCUT2D eigenvalue weighted by Gasteiger charge is -2.21. The van der Waals surface area contributed by atoms with E-state index in [1.165, 1.54) is 18.1 Å². The summed E-state index contributed by atoms with van der Waals surface area (Å²) in [5.41, 5.74) is -0.796. The minimum absolute atomic E-state index is 0.115. The zero-order valence-electron chi connectivity index (χ0n) is 11.2. The topological polar surface area (TPSA) is 105 Å². The minimum atomic E-state index is -0.722. The van der Waals surface area contributed by atoms with Crippen LogP contribution in [0.15, 0.2) is 15.8 Å². The average Bonchev–Trinajstić information content (AvgIpc) is 2.64. The van der Waals surface area contributed by atoms with Crippen LogP contribution in [0.5, 0.6) is 0 Å². The number of rotatable bonds is 2. The first-order valence-corrected chi connectivity index (χ1v) is 6.30. The molecule has 1 aromatic rings. The highest BCUT2D eigenvalue weighted by Gasteiger charge is 2.22. The standard InChI is InChI=1S/C12H17N3O5/c1-14-11(18)8(5-13-12(14)19)4-10(17)15-2-3-20-7-9(16)6-15/h5,9,16H,2-4,6-7H2,1H3,(H,13,19). The quantitative estimate of drug-likeness (QED) is 0.643. The fourth-order valence-electron chi connectivity index (χ4n) is 2.04. The number of ether oxygens (including phenoxy) is 1. The Hall–Kier alpha value is -1.93. The molecule has 8 heteroatoms. The Morgan fingerprint density at radius 2 is 2.30 bits per heavy atom. The van der Waals surface area contributed by atoms with Crippen LogP contribution in [0.4, 0.5) is 0 Å². The highest BCUT2D eigenvalue weighted by molar-refractivity contribution is 5.78. The van der Waals surface area contributed by atoms with E-state index in [0.717, 1.165) is 4.57 Å². The second-order valence-corrected chi connectivity index (χ2v) is 4.73. The van der Waals surface area contributed by atoms with Gasteiger partial charge in [0.2, 0.25) is 5.91 Å². The van der Waals surface area contributed by atoms with Crippen molar-refractivity contribution >= 4 is 5.91 Å². The number of β-amino-alcohol motifs (C(OH)–C–C–N with tert-alkyl or cyclic N) is 1. The van der Waals surface area contributed by atoms with Gasteiger partial charge in [-0.1, -0.05) is 0 Å². The lowest BCUT2D eigenvalue weighted by molar-refractivity contribution is -0.131. The molecule has 0 spiro atoms. The largest absolute Gasteiger partial charge is 0.389 e. The number of nitrogens with one attached hydrogen (secondary N) is 1. The summed E-state index contributed by atoms with van der Waals surface area (Å²) in [7, 11) is 1.35. The Kier molecular flexibility index (Phi) is 4.35. The molecule has 8 nitrogen and oxygen atoms in total. The van der Waals surface area contributed by atoms with E-state index < -0.39 is 17.4 Å². The third kappa shape index (κ3) is 3.14. The fraction of sp³-hybridized carbons (Fsp3) is 0.583. The van der Waals surface area contributed by atoms with Gasteiger partial charge in [-0.3, -0.25) is 14.2 Å². The van der Waals surface area contributed by atoms with Crippen molar-refractivity contribution in [2.75, 3.05) is 26.3 Å². The molecule has 1 unspecified atom stereocenters. The van der Waals surface area contributed by atoms with Crippen LogP contribution in [-0.4, -0.2) is 57.9 Å². The van der Waals surface area contributed by atoms with Crippen molar-refractivity contribution in [3.8, 4) is 0 Å². The number of H-pyrrole nitrogens is 1. The summed E-state index contributed by atoms with van der Waals surface area (Å²) in [6, 6.07) is 0. The fourth-order valence-corrected chi connectivity index (χ4v) is 2.04. The van der Waals surface area contributed by atoms with Crippen molar-refractivity contribution in [2.24, 2.45) is 7.05 Å². The van der Waals surface area contributed by atoms with E-state index in [2.05, 4.69) is 4.98 Å². The van der Waals surface area contributed by atoms with Crippen molar-refractivity contribution in [2.45, 2.75) is 12.5 Å². The molecule has 2 rings (SSSR count). The number of nitrogens with zero attached hydrogens (tertiary/aromatic N) is 2. The number of carbonyl (C=O) groups is 1. The molecule has 1 aromatic heterocycles. The minimum Gasteiger partial charge on any atom is -0.389 e. The van der Waals surface area contributed by atoms with Gasteiger partial charge in [-0.15, -0.1) is 0 Å². The molecular formula is C12H17N3O5. The Morgan fingerprint density at radius 1 is 1.55 bits per heavy atom. The molecule has 110 valence electrons. The molecule has 0 bridgehead atoms. The SMILES string of the molecule is Cn1c(=O)[nH]cc(CC(=O)N2CCOCC(O)C2)c1=O. The molecular weight excluding hydrogens is 266 g/mol. The summed E-state index contributed by atoms with van der Waals surface area (Å²) in [5, 5.41) is 9.58. The molecule has 1 atom stereocenters. The number of aliphatic hydroxyl groups is 1. The Labute approximate surface area is 114 Å². The van der Waals surface area contributed by atoms with Crippen molar-refractivity contribution in [1.82, 2.24) is 14.5 Å². The van der Waals surface area contributed by atoms with E-state index in [1.54, 1.807) is 0 Å². The van der Waals surface area contributed by atoms with Gasteiger partial charge in [-0.25, -0.2) is 4.79 Å². The second kappa shape index (κ2) is 6.02. The van der Waals surface area contributed by atoms with Gasteiger partial charge in [0.15, 0.2) is 0 Å². The number of aliphatic hydroxyl groups excluding tert-OH is 1. The van der Waals surface area contributed by atoms with Gasteiger partial charge in [-0.2, -0.15) is 0 Å². The summed E-state index contributed by atoms with van der Waals surface area (Å²) >= 11 is 0. The van der Waals surface area contributed by atoms with Gasteiger partial charge < -0.3 is 19.7 Å². The molecule has 1 amide bonds. The maximum atomic E-state index is 12.1. The number of carbonyl (C=O) groups excluding carboxylic acids is 1. The molecule has 0 aliphatic carbocycles. The van der Waals surface area contributed by atoms with Gasteiger partial charge in [0.25, 0.3) is 5.56 Å². The van der Waals surface area contributed by atoms with Crippen molar-refractivity contribution in [3.63, 3.8) is 0 Å². The first-order valence-electron chi connectivity index (χ1n) is 6.30. The Bertz CT molecular complexity index is 606. The van der Waals surface area contributed by atoms with E-state index in [-0.39, 0.29) is 31.0 Å². The normalized spacial score (nSPS) is 19.7. The Morgan fingerprint density at radius 3 is 3.05 bits per heavy atom. The van der Waals surface area contributed by atoms with E-state index in [4.69, 9.17) is 4.74 Å². The van der Waals surface area contributed by atoms with Crippen molar-refractivity contribution in [1.29, 1.82) is 0 Å². The Balaban J connectivity index is 2.13. The van der Waals surface area contributed by atoms with Crippen molar-refractivity contribution in [3.05, 3.63) is 32.6 Å². The zero-order valence-corrected chi connectivity index (χ0v) is 11.2. The van der Waals surface area contributed by atoms with E-state index in [9.17, 15) is 19.5 Å². The van der Waals surface area contributed by atoms with Crippen LogP contribution >= 0.6 is 0 Å². The predicted octanol–water partition coefficient (Wildman–Crippen LogP) is -2.16. The van der Waals surface area contributed by atoms with Crippen LogP contribution in [0.2, 0.25) is 0 Å². The molecule has 0 saturated carbocycles. The monoisotopic (exact) mass is 283 g/mol. The number of aromatic amines is 1. The average molecular weight is 283 g/mol. The first kappa shape index (κ1) is 14.5. The summed E-state index contributed by atoms with van der Waals surface area (Å²) in [4.78, 5) is 39.1. The highest BCUT2D eigenvalue weighted by atomic mass is 16.5. The van der Waals surface area contributed by atoms with Gasteiger partial charge in [-0.05, 0) is 0 Å². The van der Waals surface area contributed by atoms with Crippen LogP contribution in [0, 0.1) is 0 Å². The summed E-state index contributed by atoms with van der Waals surface area (Å²) in [5.74, 6) is -0.279. The number of hydrogen-bond acceptors (Lipinski definition) is 5. The predicted molar refractivity (Wildman–Crippen MR) is 69.4 cm³/mol. The first-order chi connectivity index (χ1) is 9.49. The van der Waals surface area contributed by atoms with Gasteiger partial charge >= 0.3 is 5.69 Å². The molecule has 1 saturated heterocycles. The maximum absolute atomic E-state index is 12.1. The molecule has 1 fully saturated rings. The van der Waals surface area contributed by atoms with Crippen LogP contribution < -0.4 is 11.2 Å². The lowest BCUT2D eigenvalue weighted by atomic mass is 10.2. The summed E-state index contributed by atoms with van der Waals surface area (Å²) < 4.78 is 6.06. The van der Waals surface area contributed by atoms with E-state index >= 15 is 0 Å². The van der Waals surface area contributed by atoms with Crippen molar-refractivity contribution < 1.29 is 14.6 Å². The molecule has 0 aromatic carbocycles. The summed E-state index contributed by atoms with van der Waals surface area (Å²) in [6.07, 6.45) is 0.420. The van der Waals surface area contributed by atoms with E-state index in [1.807, 2.05) is 0 Å². The highest BCUT2D eigenvalue weighted by Crippen LogP contribution is 2.03. The van der Waals surface area contributed by atoms with Crippen LogP contribution in [0.3, 0.4) is 0 Å². The second-order valence-electron chi connectivity index (χ2n) is 4.73. The van der Waals surface area contributed by atoms with Gasteiger partial charge in [0, 0.05) is 31.9 Å². The summed E-state index contributed by atoms with van der Waals surface area (Å²) in [6.45, 7) is 1.11. The number of hydrogen-bond donors (Lipinski definition) is 2. The zero-order chi connectivity index (χ0) is 14.7. The van der Waals surface area contributed by atoms with Gasteiger partial charge in [0.05, 0.1) is 25.7 Å². The molecule has 0 radical (unpaired) electrons. The van der Waals surface area contributed by atoms with Gasteiger partial charge in [0.1, 0.15) is 0 Å². The number of aromatic nitrogens is 2. The molecule has 1 aliphatic rings. The third-order valence-electron chi connectivity index (χ3n) is 3.20. The van der Waals surface area contributed by atoms with E-state index in [0.29, 0.717) is 13.2 Å². The third-order valence-corrected chi connectivity index (χ3v) is 3.20. The molecule has 1 aliphatic heterocycles. The smallest absolute Gasteiger partial charge is 0.328 e. The van der Waals surface area contributed by atoms with Crippen LogP contribution in [0.25, 0.3) is 0 Å². The lowest BCUT2D eigenvalue weighted by Crippen LogP contribution is -2.41. The molecule has 2 N–H and O–H groups in total. The maximum Gasteiger partial charge on any atom is 0.328 e. The molecule has 20 heavy (non-hydrogen) atoms. The van der Waals surface area contributed by atoms with Crippen LogP contribution in [0.1, 0.15) is 5.56 Å².